The predicted octanol–water partition coefficient (Wildman–Crippen LogP) is 1.09. The van der Waals surface area contributed by atoms with Crippen LogP contribution in [-0.2, 0) is 6.42 Å². The molecule has 0 aliphatic heterocycles. The Bertz CT molecular complexity index is 268. The van der Waals surface area contributed by atoms with Gasteiger partial charge in [0.15, 0.2) is 0 Å². The summed E-state index contributed by atoms with van der Waals surface area (Å²) in [6.07, 6.45) is 1.000. The van der Waals surface area contributed by atoms with Crippen molar-refractivity contribution in [3.05, 3.63) is 23.8 Å². The number of anilines is 2. The van der Waals surface area contributed by atoms with E-state index in [2.05, 4.69) is 0 Å². The second-order valence-corrected chi connectivity index (χ2v) is 4.38. The summed E-state index contributed by atoms with van der Waals surface area (Å²) in [6, 6.07) is 5.72. The van der Waals surface area contributed by atoms with Crippen LogP contribution in [0.1, 0.15) is 5.56 Å². The number of nitrogen functional groups attached to an aromatic ring is 2. The molecule has 0 atom stereocenters. The molecule has 0 aliphatic rings. The summed E-state index contributed by atoms with van der Waals surface area (Å²) in [5, 5.41) is 0. The van der Waals surface area contributed by atoms with Crippen molar-refractivity contribution in [2.24, 2.45) is 5.73 Å². The molecule has 78 valence electrons. The lowest BCUT2D eigenvalue weighted by molar-refractivity contribution is 1.12. The van der Waals surface area contributed by atoms with Crippen LogP contribution in [0.2, 0.25) is 0 Å². The molecule has 1 rings (SSSR count). The van der Waals surface area contributed by atoms with E-state index in [1.165, 1.54) is 5.56 Å². The van der Waals surface area contributed by atoms with E-state index in [9.17, 15) is 0 Å². The fourth-order valence-electron chi connectivity index (χ4n) is 1.27. The predicted molar refractivity (Wildman–Crippen MR) is 65.4 cm³/mol. The molecule has 14 heavy (non-hydrogen) atoms. The zero-order valence-corrected chi connectivity index (χ0v) is 9.02. The molecule has 1 aromatic carbocycles. The minimum absolute atomic E-state index is 0.740. The fourth-order valence-corrected chi connectivity index (χ4v) is 2.02. The van der Waals surface area contributed by atoms with E-state index in [0.717, 1.165) is 35.8 Å². The van der Waals surface area contributed by atoms with Gasteiger partial charge < -0.3 is 17.2 Å². The van der Waals surface area contributed by atoms with Gasteiger partial charge in [0.2, 0.25) is 0 Å². The Hall–Kier alpha value is -0.870. The van der Waals surface area contributed by atoms with Gasteiger partial charge in [-0.2, -0.15) is 11.8 Å². The molecule has 0 radical (unpaired) electrons. The minimum atomic E-state index is 0.740. The average Bonchev–Trinajstić information content (AvgIpc) is 2.11. The quantitative estimate of drug-likeness (QED) is 0.503. The molecule has 0 spiro atoms. The van der Waals surface area contributed by atoms with Crippen LogP contribution in [-0.4, -0.2) is 18.1 Å². The third-order valence-electron chi connectivity index (χ3n) is 1.83. The van der Waals surface area contributed by atoms with Crippen molar-refractivity contribution in [2.75, 3.05) is 29.5 Å². The van der Waals surface area contributed by atoms with Crippen LogP contribution in [0.15, 0.2) is 18.2 Å². The molecule has 0 fully saturated rings. The molecule has 1 aromatic rings. The zero-order chi connectivity index (χ0) is 10.4. The molecule has 0 saturated carbocycles. The maximum atomic E-state index is 5.68. The fraction of sp³-hybridized carbons (Fsp3) is 0.400. The van der Waals surface area contributed by atoms with Gasteiger partial charge in [-0.05, 0) is 35.9 Å². The Labute approximate surface area is 89.0 Å². The van der Waals surface area contributed by atoms with Crippen LogP contribution < -0.4 is 17.2 Å². The van der Waals surface area contributed by atoms with Crippen LogP contribution in [0.25, 0.3) is 0 Å². The van der Waals surface area contributed by atoms with Gasteiger partial charge in [0.1, 0.15) is 0 Å². The average molecular weight is 211 g/mol. The second kappa shape index (κ2) is 5.78. The number of rotatable bonds is 5. The van der Waals surface area contributed by atoms with Gasteiger partial charge in [0.25, 0.3) is 0 Å². The summed E-state index contributed by atoms with van der Waals surface area (Å²) in [5.41, 5.74) is 19.4. The highest BCUT2D eigenvalue weighted by Crippen LogP contribution is 2.15. The van der Waals surface area contributed by atoms with Crippen LogP contribution in [0.5, 0.6) is 0 Å². The van der Waals surface area contributed by atoms with Gasteiger partial charge in [-0.25, -0.2) is 0 Å². The lowest BCUT2D eigenvalue weighted by Crippen LogP contribution is -2.02. The molecule has 4 heteroatoms. The van der Waals surface area contributed by atoms with Crippen molar-refractivity contribution in [3.8, 4) is 0 Å². The van der Waals surface area contributed by atoms with E-state index in [1.807, 2.05) is 23.9 Å². The van der Waals surface area contributed by atoms with E-state index in [-0.39, 0.29) is 0 Å². The van der Waals surface area contributed by atoms with Crippen molar-refractivity contribution in [3.63, 3.8) is 0 Å². The van der Waals surface area contributed by atoms with Gasteiger partial charge in [-0.1, -0.05) is 0 Å². The molecule has 0 saturated heterocycles. The van der Waals surface area contributed by atoms with Crippen LogP contribution >= 0.6 is 11.8 Å². The van der Waals surface area contributed by atoms with E-state index in [0.29, 0.717) is 0 Å². The Morgan fingerprint density at radius 3 is 2.21 bits per heavy atom. The molecule has 6 N–H and O–H groups in total. The minimum Gasteiger partial charge on any atom is -0.399 e. The second-order valence-electron chi connectivity index (χ2n) is 3.16. The Morgan fingerprint density at radius 2 is 1.64 bits per heavy atom. The summed E-state index contributed by atoms with van der Waals surface area (Å²) < 4.78 is 0. The first-order valence-electron chi connectivity index (χ1n) is 4.65. The van der Waals surface area contributed by atoms with Crippen molar-refractivity contribution < 1.29 is 0 Å². The number of hydrogen-bond donors (Lipinski definition) is 3. The molecule has 0 bridgehead atoms. The summed E-state index contributed by atoms with van der Waals surface area (Å²) >= 11 is 1.85. The highest BCUT2D eigenvalue weighted by molar-refractivity contribution is 7.99. The van der Waals surface area contributed by atoms with E-state index < -0.39 is 0 Å². The third-order valence-corrected chi connectivity index (χ3v) is 2.85. The standard InChI is InChI=1S/C10H17N3S/c11-2-4-14-3-1-8-5-9(12)7-10(13)6-8/h5-7H,1-4,11-13H2. The number of nitrogens with two attached hydrogens (primary N) is 3. The highest BCUT2D eigenvalue weighted by atomic mass is 32.2. The topological polar surface area (TPSA) is 78.1 Å². The number of benzene rings is 1. The van der Waals surface area contributed by atoms with Crippen LogP contribution in [0.4, 0.5) is 11.4 Å². The monoisotopic (exact) mass is 211 g/mol. The third kappa shape index (κ3) is 3.89. The molecular weight excluding hydrogens is 194 g/mol. The van der Waals surface area contributed by atoms with Crippen molar-refractivity contribution in [1.29, 1.82) is 0 Å². The summed E-state index contributed by atoms with van der Waals surface area (Å²) in [7, 11) is 0. The largest absolute Gasteiger partial charge is 0.399 e. The lowest BCUT2D eigenvalue weighted by Gasteiger charge is -2.04. The molecule has 0 aromatic heterocycles. The first-order valence-corrected chi connectivity index (χ1v) is 5.80. The molecule has 3 nitrogen and oxygen atoms in total. The maximum Gasteiger partial charge on any atom is 0.0337 e. The van der Waals surface area contributed by atoms with Crippen LogP contribution in [0, 0.1) is 0 Å². The zero-order valence-electron chi connectivity index (χ0n) is 8.20. The normalized spacial score (nSPS) is 10.4. The van der Waals surface area contributed by atoms with Crippen molar-refractivity contribution >= 4 is 23.1 Å². The first kappa shape index (κ1) is 11.2. The molecule has 0 unspecified atom stereocenters. The van der Waals surface area contributed by atoms with Gasteiger partial charge in [-0.15, -0.1) is 0 Å². The smallest absolute Gasteiger partial charge is 0.0337 e. The maximum absolute atomic E-state index is 5.68. The SMILES string of the molecule is NCCSCCc1cc(N)cc(N)c1. The van der Waals surface area contributed by atoms with Gasteiger partial charge in [-0.3, -0.25) is 0 Å². The Balaban J connectivity index is 2.42. The lowest BCUT2D eigenvalue weighted by atomic mass is 10.1. The number of thioether (sulfide) groups is 1. The summed E-state index contributed by atoms with van der Waals surface area (Å²) in [6.45, 7) is 0.740. The number of aryl methyl sites for hydroxylation is 1. The van der Waals surface area contributed by atoms with Gasteiger partial charge >= 0.3 is 0 Å². The highest BCUT2D eigenvalue weighted by Gasteiger charge is 1.96. The molecule has 0 amide bonds. The van der Waals surface area contributed by atoms with E-state index in [1.54, 1.807) is 6.07 Å². The van der Waals surface area contributed by atoms with Gasteiger partial charge in [0, 0.05) is 23.7 Å². The molecule has 0 heterocycles. The van der Waals surface area contributed by atoms with E-state index in [4.69, 9.17) is 17.2 Å². The molecular formula is C10H17N3S. The summed E-state index contributed by atoms with van der Waals surface area (Å²) in [4.78, 5) is 0. The first-order chi connectivity index (χ1) is 6.72. The Kier molecular flexibility index (Phi) is 4.62. The molecule has 0 aliphatic carbocycles. The Morgan fingerprint density at radius 1 is 1.00 bits per heavy atom. The van der Waals surface area contributed by atoms with E-state index >= 15 is 0 Å². The van der Waals surface area contributed by atoms with Crippen molar-refractivity contribution in [1.82, 2.24) is 0 Å². The van der Waals surface area contributed by atoms with Gasteiger partial charge in [0.05, 0.1) is 0 Å². The van der Waals surface area contributed by atoms with Crippen LogP contribution in [0.3, 0.4) is 0 Å². The number of hydrogen-bond acceptors (Lipinski definition) is 4. The summed E-state index contributed by atoms with van der Waals surface area (Å²) in [5.74, 6) is 2.08. The van der Waals surface area contributed by atoms with Crippen molar-refractivity contribution in [2.45, 2.75) is 6.42 Å².